The summed E-state index contributed by atoms with van der Waals surface area (Å²) in [6, 6.07) is 11.5. The highest BCUT2D eigenvalue weighted by molar-refractivity contribution is 8.14. The van der Waals surface area contributed by atoms with Crippen molar-refractivity contribution in [3.63, 3.8) is 0 Å². The predicted molar refractivity (Wildman–Crippen MR) is 100 cm³/mol. The number of amides is 1. The molecule has 2 aromatic carbocycles. The van der Waals surface area contributed by atoms with Gasteiger partial charge in [-0.25, -0.2) is 0 Å². The molecule has 28 heavy (non-hydrogen) atoms. The Labute approximate surface area is 164 Å². The number of hydrogen-bond donors (Lipinski definition) is 0. The largest absolute Gasteiger partial charge is 0.457 e. The molecular weight excluding hydrogens is 391 g/mol. The lowest BCUT2D eigenvalue weighted by molar-refractivity contribution is -0.137. The van der Waals surface area contributed by atoms with Gasteiger partial charge < -0.3 is 9.64 Å². The summed E-state index contributed by atoms with van der Waals surface area (Å²) in [5.74, 6) is 0.810. The van der Waals surface area contributed by atoms with Crippen LogP contribution in [0.3, 0.4) is 0 Å². The average Bonchev–Trinajstić information content (AvgIpc) is 2.94. The number of alkyl halides is 3. The molecule has 3 rings (SSSR count). The van der Waals surface area contributed by atoms with E-state index >= 15 is 0 Å². The van der Waals surface area contributed by atoms with E-state index < -0.39 is 11.7 Å². The fraction of sp³-hybridized carbons (Fsp3) is 0.300. The molecule has 1 atom stereocenters. The van der Waals surface area contributed by atoms with Crippen LogP contribution in [0.1, 0.15) is 24.5 Å². The molecule has 2 aromatic rings. The predicted octanol–water partition coefficient (Wildman–Crippen LogP) is 4.88. The van der Waals surface area contributed by atoms with Crippen LogP contribution in [-0.2, 0) is 22.3 Å². The van der Waals surface area contributed by atoms with Crippen molar-refractivity contribution >= 4 is 22.8 Å². The van der Waals surface area contributed by atoms with Crippen LogP contribution in [0.25, 0.3) is 0 Å². The number of carbonyl (C=O) groups is 2. The minimum absolute atomic E-state index is 0.00409. The lowest BCUT2D eigenvalue weighted by Crippen LogP contribution is -2.24. The zero-order valence-electron chi connectivity index (χ0n) is 15.0. The van der Waals surface area contributed by atoms with Gasteiger partial charge in [-0.3, -0.25) is 9.59 Å². The second-order valence-electron chi connectivity index (χ2n) is 6.48. The van der Waals surface area contributed by atoms with Crippen LogP contribution in [0, 0.1) is 0 Å². The van der Waals surface area contributed by atoms with Crippen LogP contribution >= 0.6 is 11.8 Å². The molecule has 0 saturated carbocycles. The van der Waals surface area contributed by atoms with Crippen molar-refractivity contribution in [3.8, 4) is 11.5 Å². The number of hydrogen-bond acceptors (Lipinski definition) is 4. The summed E-state index contributed by atoms with van der Waals surface area (Å²) < 4.78 is 43.3. The molecule has 0 radical (unpaired) electrons. The van der Waals surface area contributed by atoms with E-state index in [-0.39, 0.29) is 16.3 Å². The van der Waals surface area contributed by atoms with Gasteiger partial charge in [0, 0.05) is 31.7 Å². The number of likely N-dealkylation sites (tertiary alicyclic amines) is 1. The standard InChI is InChI=1S/C20H18F3NO3S/c1-13(25)28-18-10-19(26)24(12-18)11-14-2-6-16(7-3-14)27-17-8-4-15(5-9-17)20(21,22)23/h2-9,18H,10-12H2,1H3. The molecule has 1 heterocycles. The number of nitrogens with zero attached hydrogens (tertiary/aromatic N) is 1. The lowest BCUT2D eigenvalue weighted by Gasteiger charge is -2.16. The number of rotatable bonds is 5. The molecule has 1 aliphatic rings. The molecule has 148 valence electrons. The molecule has 8 heteroatoms. The summed E-state index contributed by atoms with van der Waals surface area (Å²) in [6.45, 7) is 2.47. The highest BCUT2D eigenvalue weighted by Crippen LogP contribution is 2.31. The summed E-state index contributed by atoms with van der Waals surface area (Å²) in [6.07, 6.45) is -4.02. The molecular formula is C20H18F3NO3S. The number of benzene rings is 2. The summed E-state index contributed by atoms with van der Waals surface area (Å²) >= 11 is 1.19. The number of carbonyl (C=O) groups excluding carboxylic acids is 2. The Hall–Kier alpha value is -2.48. The van der Waals surface area contributed by atoms with E-state index in [1.54, 1.807) is 29.2 Å². The third-order valence-corrected chi connectivity index (χ3v) is 5.21. The van der Waals surface area contributed by atoms with Crippen LogP contribution in [0.5, 0.6) is 11.5 Å². The third kappa shape index (κ3) is 5.28. The van der Waals surface area contributed by atoms with Crippen LogP contribution in [0.2, 0.25) is 0 Å². The Kier molecular flexibility index (Phi) is 5.98. The Morgan fingerprint density at radius 2 is 1.68 bits per heavy atom. The molecule has 1 fully saturated rings. The minimum Gasteiger partial charge on any atom is -0.457 e. The lowest BCUT2D eigenvalue weighted by atomic mass is 10.2. The molecule has 0 spiro atoms. The molecule has 1 unspecified atom stereocenters. The summed E-state index contributed by atoms with van der Waals surface area (Å²) in [5.41, 5.74) is 0.174. The van der Waals surface area contributed by atoms with Gasteiger partial charge in [-0.15, -0.1) is 0 Å². The van der Waals surface area contributed by atoms with E-state index in [2.05, 4.69) is 0 Å². The van der Waals surface area contributed by atoms with Crippen molar-refractivity contribution in [2.24, 2.45) is 0 Å². The van der Waals surface area contributed by atoms with Crippen molar-refractivity contribution in [1.29, 1.82) is 0 Å². The van der Waals surface area contributed by atoms with Crippen molar-refractivity contribution in [3.05, 3.63) is 59.7 Å². The number of ether oxygens (including phenoxy) is 1. The van der Waals surface area contributed by atoms with Crippen molar-refractivity contribution < 1.29 is 27.5 Å². The Bertz CT molecular complexity index is 850. The molecule has 0 N–H and O–H groups in total. The highest BCUT2D eigenvalue weighted by Gasteiger charge is 2.31. The quantitative estimate of drug-likeness (QED) is 0.706. The van der Waals surface area contributed by atoms with E-state index in [0.717, 1.165) is 17.7 Å². The normalized spacial score (nSPS) is 17.1. The van der Waals surface area contributed by atoms with Gasteiger partial charge in [-0.05, 0) is 42.0 Å². The van der Waals surface area contributed by atoms with Crippen molar-refractivity contribution in [2.45, 2.75) is 31.3 Å². The average molecular weight is 409 g/mol. The summed E-state index contributed by atoms with van der Waals surface area (Å²) in [5, 5.41) is -0.00306. The van der Waals surface area contributed by atoms with Crippen LogP contribution in [0.15, 0.2) is 48.5 Å². The first kappa shape index (κ1) is 20.3. The van der Waals surface area contributed by atoms with Crippen LogP contribution in [-0.4, -0.2) is 27.7 Å². The van der Waals surface area contributed by atoms with E-state index in [4.69, 9.17) is 4.74 Å². The molecule has 0 aromatic heterocycles. The molecule has 1 aliphatic heterocycles. The van der Waals surface area contributed by atoms with Gasteiger partial charge in [0.1, 0.15) is 11.5 Å². The van der Waals surface area contributed by atoms with Gasteiger partial charge in [0.15, 0.2) is 5.12 Å². The van der Waals surface area contributed by atoms with E-state index in [1.807, 2.05) is 0 Å². The number of thioether (sulfide) groups is 1. The van der Waals surface area contributed by atoms with Gasteiger partial charge >= 0.3 is 6.18 Å². The first-order chi connectivity index (χ1) is 13.2. The third-order valence-electron chi connectivity index (χ3n) is 4.23. The van der Waals surface area contributed by atoms with Crippen LogP contribution < -0.4 is 4.74 Å². The zero-order chi connectivity index (χ0) is 20.3. The van der Waals surface area contributed by atoms with Crippen LogP contribution in [0.4, 0.5) is 13.2 Å². The maximum Gasteiger partial charge on any atom is 0.416 e. The summed E-state index contributed by atoms with van der Waals surface area (Å²) in [7, 11) is 0. The Morgan fingerprint density at radius 1 is 1.11 bits per heavy atom. The Morgan fingerprint density at radius 3 is 2.21 bits per heavy atom. The highest BCUT2D eigenvalue weighted by atomic mass is 32.2. The van der Waals surface area contributed by atoms with Gasteiger partial charge in [-0.1, -0.05) is 23.9 Å². The molecule has 0 bridgehead atoms. The monoisotopic (exact) mass is 409 g/mol. The van der Waals surface area contributed by atoms with Gasteiger partial charge in [-0.2, -0.15) is 13.2 Å². The molecule has 1 amide bonds. The zero-order valence-corrected chi connectivity index (χ0v) is 15.8. The first-order valence-corrected chi connectivity index (χ1v) is 9.48. The van der Waals surface area contributed by atoms with Crippen molar-refractivity contribution in [2.75, 3.05) is 6.54 Å². The topological polar surface area (TPSA) is 46.6 Å². The maximum atomic E-state index is 12.6. The number of halogens is 3. The SMILES string of the molecule is CC(=O)SC1CC(=O)N(Cc2ccc(Oc3ccc(C(F)(F)F)cc3)cc2)C1. The Balaban J connectivity index is 1.58. The minimum atomic E-state index is -4.38. The molecule has 1 saturated heterocycles. The van der Waals surface area contributed by atoms with Gasteiger partial charge in [0.25, 0.3) is 0 Å². The first-order valence-electron chi connectivity index (χ1n) is 8.60. The molecule has 4 nitrogen and oxygen atoms in total. The fourth-order valence-corrected chi connectivity index (χ4v) is 3.88. The van der Waals surface area contributed by atoms with E-state index in [9.17, 15) is 22.8 Å². The van der Waals surface area contributed by atoms with Crippen molar-refractivity contribution in [1.82, 2.24) is 4.90 Å². The maximum absolute atomic E-state index is 12.6. The molecule has 0 aliphatic carbocycles. The van der Waals surface area contributed by atoms with Gasteiger partial charge in [0.2, 0.25) is 5.91 Å². The smallest absolute Gasteiger partial charge is 0.416 e. The fourth-order valence-electron chi connectivity index (χ4n) is 2.93. The van der Waals surface area contributed by atoms with E-state index in [0.29, 0.717) is 31.0 Å². The second kappa shape index (κ2) is 8.26. The second-order valence-corrected chi connectivity index (χ2v) is 7.96. The van der Waals surface area contributed by atoms with Gasteiger partial charge in [0.05, 0.1) is 5.56 Å². The van der Waals surface area contributed by atoms with E-state index in [1.165, 1.54) is 30.8 Å². The summed E-state index contributed by atoms with van der Waals surface area (Å²) in [4.78, 5) is 25.0.